The monoisotopic (exact) mass is 222 g/mol. The molecule has 0 aliphatic rings. The maximum Gasteiger partial charge on any atom is 0.123 e. The molecule has 0 saturated heterocycles. The zero-order chi connectivity index (χ0) is 12.1. The fourth-order valence-corrected chi connectivity index (χ4v) is 1.61. The van der Waals surface area contributed by atoms with E-state index in [-0.39, 0.29) is 5.82 Å². The Kier molecular flexibility index (Phi) is 4.41. The predicted octanol–water partition coefficient (Wildman–Crippen LogP) is 1.51. The highest BCUT2D eigenvalue weighted by Gasteiger charge is 2.08. The number of hydrogen-bond donors (Lipinski definition) is 1. The Morgan fingerprint density at radius 2 is 2.25 bits per heavy atom. The van der Waals surface area contributed by atoms with Crippen molar-refractivity contribution in [2.75, 3.05) is 13.6 Å². The van der Waals surface area contributed by atoms with Crippen LogP contribution in [-0.4, -0.2) is 29.7 Å². The average Bonchev–Trinajstić information content (AvgIpc) is 2.16. The molecule has 0 bridgehead atoms. The SMILES string of the molecule is CC(O)CN(C)Cc1cc(F)ccc1C#N. The summed E-state index contributed by atoms with van der Waals surface area (Å²) in [5.74, 6) is -0.348. The van der Waals surface area contributed by atoms with Gasteiger partial charge >= 0.3 is 0 Å². The molecule has 1 aromatic carbocycles. The maximum absolute atomic E-state index is 13.0. The summed E-state index contributed by atoms with van der Waals surface area (Å²) < 4.78 is 13.0. The fraction of sp³-hybridized carbons (Fsp3) is 0.417. The lowest BCUT2D eigenvalue weighted by molar-refractivity contribution is 0.138. The Labute approximate surface area is 94.7 Å². The number of hydrogen-bond acceptors (Lipinski definition) is 3. The third-order valence-corrected chi connectivity index (χ3v) is 2.20. The van der Waals surface area contributed by atoms with Gasteiger partial charge in [0.2, 0.25) is 0 Å². The number of likely N-dealkylation sites (N-methyl/N-ethyl adjacent to an activating group) is 1. The molecule has 4 heteroatoms. The first kappa shape index (κ1) is 12.6. The van der Waals surface area contributed by atoms with Crippen LogP contribution in [0.1, 0.15) is 18.1 Å². The molecule has 16 heavy (non-hydrogen) atoms. The number of aliphatic hydroxyl groups is 1. The highest BCUT2D eigenvalue weighted by molar-refractivity contribution is 5.37. The molecule has 0 aliphatic heterocycles. The van der Waals surface area contributed by atoms with Crippen molar-refractivity contribution in [1.82, 2.24) is 4.90 Å². The number of rotatable bonds is 4. The number of halogens is 1. The molecule has 0 amide bonds. The first-order valence-electron chi connectivity index (χ1n) is 5.08. The van der Waals surface area contributed by atoms with Gasteiger partial charge in [0, 0.05) is 13.1 Å². The zero-order valence-electron chi connectivity index (χ0n) is 9.44. The van der Waals surface area contributed by atoms with Crippen molar-refractivity contribution >= 4 is 0 Å². The van der Waals surface area contributed by atoms with Crippen molar-refractivity contribution in [3.05, 3.63) is 35.1 Å². The minimum Gasteiger partial charge on any atom is -0.392 e. The van der Waals surface area contributed by atoms with E-state index < -0.39 is 6.10 Å². The zero-order valence-corrected chi connectivity index (χ0v) is 9.44. The minimum atomic E-state index is -0.441. The normalized spacial score (nSPS) is 12.5. The Morgan fingerprint density at radius 1 is 1.56 bits per heavy atom. The maximum atomic E-state index is 13.0. The second kappa shape index (κ2) is 5.59. The summed E-state index contributed by atoms with van der Waals surface area (Å²) in [5.41, 5.74) is 1.12. The van der Waals surface area contributed by atoms with E-state index in [0.29, 0.717) is 24.2 Å². The molecule has 1 atom stereocenters. The van der Waals surface area contributed by atoms with Crippen LogP contribution in [0.15, 0.2) is 18.2 Å². The summed E-state index contributed by atoms with van der Waals surface area (Å²) >= 11 is 0. The van der Waals surface area contributed by atoms with Gasteiger partial charge in [-0.3, -0.25) is 4.90 Å². The van der Waals surface area contributed by atoms with Gasteiger partial charge in [-0.05, 0) is 37.7 Å². The summed E-state index contributed by atoms with van der Waals surface area (Å²) in [7, 11) is 1.82. The van der Waals surface area contributed by atoms with Gasteiger partial charge in [0.1, 0.15) is 5.82 Å². The number of nitrogens with zero attached hydrogens (tertiary/aromatic N) is 2. The van der Waals surface area contributed by atoms with Crippen LogP contribution in [0.4, 0.5) is 4.39 Å². The highest BCUT2D eigenvalue weighted by atomic mass is 19.1. The second-order valence-corrected chi connectivity index (χ2v) is 3.96. The van der Waals surface area contributed by atoms with Gasteiger partial charge in [-0.15, -0.1) is 0 Å². The summed E-state index contributed by atoms with van der Waals surface area (Å²) in [6.07, 6.45) is -0.441. The molecule has 3 nitrogen and oxygen atoms in total. The van der Waals surface area contributed by atoms with Gasteiger partial charge in [0.25, 0.3) is 0 Å². The molecule has 1 N–H and O–H groups in total. The van der Waals surface area contributed by atoms with E-state index >= 15 is 0 Å². The third-order valence-electron chi connectivity index (χ3n) is 2.20. The molecule has 0 spiro atoms. The van der Waals surface area contributed by atoms with Gasteiger partial charge in [-0.2, -0.15) is 5.26 Å². The van der Waals surface area contributed by atoms with Crippen LogP contribution >= 0.6 is 0 Å². The molecule has 0 radical (unpaired) electrons. The number of aliphatic hydroxyl groups excluding tert-OH is 1. The average molecular weight is 222 g/mol. The summed E-state index contributed by atoms with van der Waals surface area (Å²) in [5, 5.41) is 18.1. The number of benzene rings is 1. The highest BCUT2D eigenvalue weighted by Crippen LogP contribution is 2.12. The topological polar surface area (TPSA) is 47.3 Å². The third kappa shape index (κ3) is 3.61. The molecular formula is C12H15FN2O. The van der Waals surface area contributed by atoms with Gasteiger partial charge in [0.15, 0.2) is 0 Å². The molecule has 0 heterocycles. The first-order chi connectivity index (χ1) is 7.52. The molecule has 0 saturated carbocycles. The van der Waals surface area contributed by atoms with E-state index in [1.54, 1.807) is 6.92 Å². The summed E-state index contributed by atoms with van der Waals surface area (Å²) in [4.78, 5) is 1.85. The van der Waals surface area contributed by atoms with Gasteiger partial charge < -0.3 is 5.11 Å². The standard InChI is InChI=1S/C12H15FN2O/c1-9(16)7-15(2)8-11-5-12(13)4-3-10(11)6-14/h3-5,9,16H,7-8H2,1-2H3. The molecule has 86 valence electrons. The van der Waals surface area contributed by atoms with Crippen molar-refractivity contribution in [3.8, 4) is 6.07 Å². The van der Waals surface area contributed by atoms with Gasteiger partial charge in [-0.1, -0.05) is 0 Å². The fourth-order valence-electron chi connectivity index (χ4n) is 1.61. The molecule has 0 fully saturated rings. The first-order valence-corrected chi connectivity index (χ1v) is 5.08. The van der Waals surface area contributed by atoms with Crippen LogP contribution in [0.3, 0.4) is 0 Å². The van der Waals surface area contributed by atoms with E-state index in [4.69, 9.17) is 5.26 Å². The van der Waals surface area contributed by atoms with Crippen molar-refractivity contribution in [2.24, 2.45) is 0 Å². The lowest BCUT2D eigenvalue weighted by Crippen LogP contribution is -2.27. The molecule has 1 rings (SSSR count). The minimum absolute atomic E-state index is 0.348. The Hall–Kier alpha value is -1.44. The molecule has 1 aromatic rings. The van der Waals surface area contributed by atoms with E-state index in [1.165, 1.54) is 18.2 Å². The van der Waals surface area contributed by atoms with Crippen LogP contribution in [0.25, 0.3) is 0 Å². The predicted molar refractivity (Wildman–Crippen MR) is 59.1 cm³/mol. The number of nitriles is 1. The van der Waals surface area contributed by atoms with E-state index in [9.17, 15) is 9.50 Å². The van der Waals surface area contributed by atoms with E-state index in [1.807, 2.05) is 18.0 Å². The van der Waals surface area contributed by atoms with Gasteiger partial charge in [0.05, 0.1) is 17.7 Å². The van der Waals surface area contributed by atoms with Crippen LogP contribution in [-0.2, 0) is 6.54 Å². The van der Waals surface area contributed by atoms with Crippen molar-refractivity contribution in [1.29, 1.82) is 5.26 Å². The van der Waals surface area contributed by atoms with Crippen molar-refractivity contribution in [3.63, 3.8) is 0 Å². The molecule has 1 unspecified atom stereocenters. The molecule has 0 aliphatic carbocycles. The van der Waals surface area contributed by atoms with E-state index in [0.717, 1.165) is 0 Å². The second-order valence-electron chi connectivity index (χ2n) is 3.96. The Balaban J connectivity index is 2.80. The van der Waals surface area contributed by atoms with Crippen molar-refractivity contribution < 1.29 is 9.50 Å². The molecule has 0 aromatic heterocycles. The largest absolute Gasteiger partial charge is 0.392 e. The molecular weight excluding hydrogens is 207 g/mol. The van der Waals surface area contributed by atoms with Crippen LogP contribution in [0.5, 0.6) is 0 Å². The van der Waals surface area contributed by atoms with Crippen LogP contribution in [0, 0.1) is 17.1 Å². The summed E-state index contributed by atoms with van der Waals surface area (Å²) in [6.45, 7) is 2.63. The Bertz CT molecular complexity index is 398. The lowest BCUT2D eigenvalue weighted by Gasteiger charge is -2.18. The lowest BCUT2D eigenvalue weighted by atomic mass is 10.1. The van der Waals surface area contributed by atoms with Gasteiger partial charge in [-0.25, -0.2) is 4.39 Å². The van der Waals surface area contributed by atoms with Crippen molar-refractivity contribution in [2.45, 2.75) is 19.6 Å². The van der Waals surface area contributed by atoms with Crippen LogP contribution < -0.4 is 0 Å². The Morgan fingerprint density at radius 3 is 2.81 bits per heavy atom. The smallest absolute Gasteiger partial charge is 0.123 e. The quantitative estimate of drug-likeness (QED) is 0.840. The van der Waals surface area contributed by atoms with E-state index in [2.05, 4.69) is 0 Å². The summed E-state index contributed by atoms with van der Waals surface area (Å²) in [6, 6.07) is 6.13. The van der Waals surface area contributed by atoms with Crippen LogP contribution in [0.2, 0.25) is 0 Å².